The van der Waals surface area contributed by atoms with Crippen LogP contribution in [0.15, 0.2) is 48.5 Å². The van der Waals surface area contributed by atoms with Gasteiger partial charge in [0.25, 0.3) is 11.6 Å². The molecular formula is C20H25ClN4O3. The molecule has 2 aromatic carbocycles. The van der Waals surface area contributed by atoms with Gasteiger partial charge in [-0.05, 0) is 55.6 Å². The molecule has 3 N–H and O–H groups in total. The molecule has 1 amide bonds. The van der Waals surface area contributed by atoms with E-state index in [1.54, 1.807) is 12.1 Å². The van der Waals surface area contributed by atoms with Crippen molar-refractivity contribution in [1.82, 2.24) is 10.6 Å². The van der Waals surface area contributed by atoms with Gasteiger partial charge < -0.3 is 16.0 Å². The van der Waals surface area contributed by atoms with Gasteiger partial charge in [-0.2, -0.15) is 0 Å². The summed E-state index contributed by atoms with van der Waals surface area (Å²) in [6.07, 6.45) is 1.99. The Balaban J connectivity index is 0.00000280. The largest absolute Gasteiger partial charge is 0.351 e. The second-order valence-electron chi connectivity index (χ2n) is 7.22. The Morgan fingerprint density at radius 1 is 1.18 bits per heavy atom. The van der Waals surface area contributed by atoms with E-state index in [4.69, 9.17) is 0 Å². The average molecular weight is 405 g/mol. The number of benzene rings is 2. The van der Waals surface area contributed by atoms with E-state index >= 15 is 0 Å². The van der Waals surface area contributed by atoms with E-state index < -0.39 is 4.92 Å². The van der Waals surface area contributed by atoms with Crippen LogP contribution < -0.4 is 16.0 Å². The lowest BCUT2D eigenvalue weighted by atomic mass is 9.81. The number of amides is 1. The summed E-state index contributed by atoms with van der Waals surface area (Å²) >= 11 is 0. The van der Waals surface area contributed by atoms with Gasteiger partial charge >= 0.3 is 0 Å². The van der Waals surface area contributed by atoms with E-state index in [9.17, 15) is 14.9 Å². The lowest BCUT2D eigenvalue weighted by Crippen LogP contribution is -2.42. The van der Waals surface area contributed by atoms with Gasteiger partial charge in [-0.1, -0.05) is 25.1 Å². The van der Waals surface area contributed by atoms with Crippen molar-refractivity contribution in [1.29, 1.82) is 0 Å². The number of nitrogens with zero attached hydrogens (tertiary/aromatic N) is 1. The summed E-state index contributed by atoms with van der Waals surface area (Å²) in [6.45, 7) is 4.60. The highest BCUT2D eigenvalue weighted by Crippen LogP contribution is 2.29. The van der Waals surface area contributed by atoms with Crippen LogP contribution in [0.2, 0.25) is 0 Å². The van der Waals surface area contributed by atoms with Crippen LogP contribution >= 0.6 is 12.4 Å². The SMILES string of the molecule is CC1(CNC(=O)c2ccc(Nc3ccccc3)c([N+](=O)[O-])c2)CCNCC1.Cl. The predicted molar refractivity (Wildman–Crippen MR) is 113 cm³/mol. The summed E-state index contributed by atoms with van der Waals surface area (Å²) in [5.74, 6) is -0.288. The van der Waals surface area contributed by atoms with Crippen molar-refractivity contribution in [2.24, 2.45) is 5.41 Å². The maximum absolute atomic E-state index is 12.5. The molecule has 0 aliphatic carbocycles. The highest BCUT2D eigenvalue weighted by molar-refractivity contribution is 5.96. The number of rotatable bonds is 6. The van der Waals surface area contributed by atoms with Gasteiger partial charge in [-0.25, -0.2) is 0 Å². The second-order valence-corrected chi connectivity index (χ2v) is 7.22. The number of nitro benzene ring substituents is 1. The first-order valence-corrected chi connectivity index (χ1v) is 9.06. The number of anilines is 2. The maximum atomic E-state index is 12.5. The molecule has 1 fully saturated rings. The minimum atomic E-state index is -0.476. The Hall–Kier alpha value is -2.64. The third kappa shape index (κ3) is 5.43. The third-order valence-corrected chi connectivity index (χ3v) is 5.00. The minimum Gasteiger partial charge on any atom is -0.351 e. The molecule has 0 atom stereocenters. The summed E-state index contributed by atoms with van der Waals surface area (Å²) in [7, 11) is 0. The van der Waals surface area contributed by atoms with Crippen molar-refractivity contribution in [2.45, 2.75) is 19.8 Å². The number of halogens is 1. The van der Waals surface area contributed by atoms with E-state index in [1.165, 1.54) is 6.07 Å². The topological polar surface area (TPSA) is 96.3 Å². The normalized spacial score (nSPS) is 15.2. The van der Waals surface area contributed by atoms with Crippen molar-refractivity contribution >= 4 is 35.4 Å². The first kappa shape index (κ1) is 21.7. The van der Waals surface area contributed by atoms with Crippen LogP contribution in [0.25, 0.3) is 0 Å². The molecule has 0 aromatic heterocycles. The van der Waals surface area contributed by atoms with Gasteiger partial charge in [0.05, 0.1) is 4.92 Å². The molecule has 1 heterocycles. The quantitative estimate of drug-likeness (QED) is 0.501. The predicted octanol–water partition coefficient (Wildman–Crippen LogP) is 3.88. The Kier molecular flexibility index (Phi) is 7.37. The van der Waals surface area contributed by atoms with Crippen molar-refractivity contribution in [2.75, 3.05) is 25.0 Å². The smallest absolute Gasteiger partial charge is 0.293 e. The Labute approximate surface area is 170 Å². The van der Waals surface area contributed by atoms with Gasteiger partial charge in [0.15, 0.2) is 0 Å². The van der Waals surface area contributed by atoms with Crippen molar-refractivity contribution in [3.63, 3.8) is 0 Å². The maximum Gasteiger partial charge on any atom is 0.293 e. The Morgan fingerprint density at radius 2 is 1.86 bits per heavy atom. The first-order valence-electron chi connectivity index (χ1n) is 9.06. The van der Waals surface area contributed by atoms with Crippen LogP contribution in [0.5, 0.6) is 0 Å². The average Bonchev–Trinajstić information content (AvgIpc) is 2.68. The van der Waals surface area contributed by atoms with Gasteiger partial charge in [0.1, 0.15) is 5.69 Å². The van der Waals surface area contributed by atoms with Crippen molar-refractivity contribution in [3.05, 3.63) is 64.2 Å². The molecule has 3 rings (SSSR count). The molecule has 0 spiro atoms. The molecule has 150 valence electrons. The minimum absolute atomic E-state index is 0. The lowest BCUT2D eigenvalue weighted by Gasteiger charge is -2.34. The molecule has 1 aliphatic rings. The molecule has 1 aliphatic heterocycles. The Bertz CT molecular complexity index is 823. The van der Waals surface area contributed by atoms with Crippen LogP contribution in [-0.4, -0.2) is 30.5 Å². The number of para-hydroxylation sites is 1. The van der Waals surface area contributed by atoms with Gasteiger partial charge in [0.2, 0.25) is 0 Å². The van der Waals surface area contributed by atoms with Crippen LogP contribution in [0, 0.1) is 15.5 Å². The standard InChI is InChI=1S/C20H24N4O3.ClH/c1-20(9-11-21-12-10-20)14-22-19(25)15-7-8-17(18(13-15)24(26)27)23-16-5-3-2-4-6-16;/h2-8,13,21,23H,9-12,14H2,1H3,(H,22,25);1H. The number of nitrogens with one attached hydrogen (secondary N) is 3. The number of piperidine rings is 1. The molecule has 7 nitrogen and oxygen atoms in total. The Morgan fingerprint density at radius 3 is 2.50 bits per heavy atom. The fourth-order valence-corrected chi connectivity index (χ4v) is 3.21. The molecule has 2 aromatic rings. The van der Waals surface area contributed by atoms with Crippen molar-refractivity contribution < 1.29 is 9.72 Å². The summed E-state index contributed by atoms with van der Waals surface area (Å²) < 4.78 is 0. The summed E-state index contributed by atoms with van der Waals surface area (Å²) in [5.41, 5.74) is 1.32. The monoisotopic (exact) mass is 404 g/mol. The third-order valence-electron chi connectivity index (χ3n) is 5.00. The van der Waals surface area contributed by atoms with E-state index in [0.717, 1.165) is 31.6 Å². The molecule has 8 heteroatoms. The zero-order valence-electron chi connectivity index (χ0n) is 15.7. The number of hydrogen-bond acceptors (Lipinski definition) is 5. The number of nitro groups is 1. The summed E-state index contributed by atoms with van der Waals surface area (Å²) in [6, 6.07) is 13.7. The molecule has 0 bridgehead atoms. The van der Waals surface area contributed by atoms with Crippen LogP contribution in [-0.2, 0) is 0 Å². The molecule has 0 saturated carbocycles. The lowest BCUT2D eigenvalue weighted by molar-refractivity contribution is -0.383. The van der Waals surface area contributed by atoms with E-state index in [1.807, 2.05) is 30.3 Å². The molecule has 0 unspecified atom stereocenters. The van der Waals surface area contributed by atoms with Crippen LogP contribution in [0.3, 0.4) is 0 Å². The first-order chi connectivity index (χ1) is 13.0. The highest BCUT2D eigenvalue weighted by Gasteiger charge is 2.27. The fourth-order valence-electron chi connectivity index (χ4n) is 3.21. The number of carbonyl (C=O) groups excluding carboxylic acids is 1. The van der Waals surface area contributed by atoms with Gasteiger partial charge in [-0.15, -0.1) is 12.4 Å². The summed E-state index contributed by atoms with van der Waals surface area (Å²) in [5, 5.41) is 20.7. The number of hydrogen-bond donors (Lipinski definition) is 3. The molecular weight excluding hydrogens is 380 g/mol. The van der Waals surface area contributed by atoms with Crippen LogP contribution in [0.1, 0.15) is 30.1 Å². The number of carbonyl (C=O) groups is 1. The zero-order valence-corrected chi connectivity index (χ0v) is 16.6. The highest BCUT2D eigenvalue weighted by atomic mass is 35.5. The van der Waals surface area contributed by atoms with E-state index in [-0.39, 0.29) is 35.0 Å². The summed E-state index contributed by atoms with van der Waals surface area (Å²) in [4.78, 5) is 23.5. The zero-order chi connectivity index (χ0) is 19.3. The van der Waals surface area contributed by atoms with Gasteiger partial charge in [-0.3, -0.25) is 14.9 Å². The molecule has 0 radical (unpaired) electrons. The van der Waals surface area contributed by atoms with E-state index in [0.29, 0.717) is 12.2 Å². The van der Waals surface area contributed by atoms with Crippen molar-refractivity contribution in [3.8, 4) is 0 Å². The van der Waals surface area contributed by atoms with Gasteiger partial charge in [0, 0.05) is 23.9 Å². The van der Waals surface area contributed by atoms with Crippen LogP contribution in [0.4, 0.5) is 17.1 Å². The second kappa shape index (κ2) is 9.52. The molecule has 28 heavy (non-hydrogen) atoms. The molecule has 1 saturated heterocycles. The van der Waals surface area contributed by atoms with E-state index in [2.05, 4.69) is 22.9 Å². The fraction of sp³-hybridized carbons (Fsp3) is 0.350.